The molecule has 1 aliphatic rings. The second kappa shape index (κ2) is 6.53. The molecule has 22 heavy (non-hydrogen) atoms. The van der Waals surface area contributed by atoms with Gasteiger partial charge in [-0.15, -0.1) is 11.3 Å². The molecule has 0 N–H and O–H groups in total. The predicted molar refractivity (Wildman–Crippen MR) is 92.7 cm³/mol. The number of carbonyl (C=O) groups is 1. The summed E-state index contributed by atoms with van der Waals surface area (Å²) in [7, 11) is 0. The van der Waals surface area contributed by atoms with Crippen LogP contribution in [0.2, 0.25) is 0 Å². The molecule has 1 aromatic carbocycles. The fourth-order valence-corrected chi connectivity index (χ4v) is 3.72. The van der Waals surface area contributed by atoms with Crippen molar-refractivity contribution in [2.24, 2.45) is 0 Å². The number of benzene rings is 1. The quantitative estimate of drug-likeness (QED) is 0.868. The molecule has 0 atom stereocenters. The molecular formula is C18H22N2OS. The average Bonchev–Trinajstić information content (AvgIpc) is 2.99. The second-order valence-corrected chi connectivity index (χ2v) is 7.00. The van der Waals surface area contributed by atoms with E-state index in [9.17, 15) is 4.79 Å². The SMILES string of the molecule is Cc1cc(C)cc(N2CCN(C(=O)Cc3cccs3)CC2)c1. The molecule has 1 fully saturated rings. The van der Waals surface area contributed by atoms with Crippen LogP contribution >= 0.6 is 11.3 Å². The zero-order valence-electron chi connectivity index (χ0n) is 13.2. The van der Waals surface area contributed by atoms with E-state index in [0.29, 0.717) is 6.42 Å². The molecule has 0 saturated carbocycles. The summed E-state index contributed by atoms with van der Waals surface area (Å²) in [6.45, 7) is 7.74. The van der Waals surface area contributed by atoms with Crippen molar-refractivity contribution in [1.82, 2.24) is 4.90 Å². The topological polar surface area (TPSA) is 23.6 Å². The van der Waals surface area contributed by atoms with Gasteiger partial charge < -0.3 is 9.80 Å². The fraction of sp³-hybridized carbons (Fsp3) is 0.389. The third-order valence-electron chi connectivity index (χ3n) is 4.11. The Balaban J connectivity index is 1.59. The Hall–Kier alpha value is -1.81. The Morgan fingerprint density at radius 1 is 1.09 bits per heavy atom. The number of piperazine rings is 1. The number of aryl methyl sites for hydroxylation is 2. The molecule has 0 bridgehead atoms. The van der Waals surface area contributed by atoms with E-state index in [4.69, 9.17) is 0 Å². The van der Waals surface area contributed by atoms with E-state index >= 15 is 0 Å². The van der Waals surface area contributed by atoms with E-state index in [1.165, 1.54) is 16.8 Å². The Morgan fingerprint density at radius 2 is 1.77 bits per heavy atom. The molecule has 1 aromatic heterocycles. The summed E-state index contributed by atoms with van der Waals surface area (Å²) in [4.78, 5) is 17.9. The van der Waals surface area contributed by atoms with Gasteiger partial charge in [-0.25, -0.2) is 0 Å². The van der Waals surface area contributed by atoms with Crippen LogP contribution in [-0.2, 0) is 11.2 Å². The van der Waals surface area contributed by atoms with Gasteiger partial charge in [0, 0.05) is 36.7 Å². The van der Waals surface area contributed by atoms with Crippen molar-refractivity contribution in [3.8, 4) is 0 Å². The summed E-state index contributed by atoms with van der Waals surface area (Å²) >= 11 is 1.66. The normalized spacial score (nSPS) is 15.2. The number of hydrogen-bond donors (Lipinski definition) is 0. The van der Waals surface area contributed by atoms with Gasteiger partial charge in [0.05, 0.1) is 6.42 Å². The van der Waals surface area contributed by atoms with Crippen LogP contribution in [0.15, 0.2) is 35.7 Å². The molecule has 0 unspecified atom stereocenters. The summed E-state index contributed by atoms with van der Waals surface area (Å²) < 4.78 is 0. The minimum Gasteiger partial charge on any atom is -0.368 e. The van der Waals surface area contributed by atoms with Gasteiger partial charge in [-0.2, -0.15) is 0 Å². The third-order valence-corrected chi connectivity index (χ3v) is 4.99. The monoisotopic (exact) mass is 314 g/mol. The first-order valence-corrected chi connectivity index (χ1v) is 8.63. The van der Waals surface area contributed by atoms with Crippen molar-refractivity contribution < 1.29 is 4.79 Å². The summed E-state index contributed by atoms with van der Waals surface area (Å²) in [5.41, 5.74) is 3.88. The number of nitrogens with zero attached hydrogens (tertiary/aromatic N) is 2. The molecule has 0 aliphatic carbocycles. The van der Waals surface area contributed by atoms with Gasteiger partial charge in [-0.3, -0.25) is 4.79 Å². The van der Waals surface area contributed by atoms with Gasteiger partial charge in [0.25, 0.3) is 0 Å². The molecule has 1 amide bonds. The van der Waals surface area contributed by atoms with E-state index in [1.807, 2.05) is 22.4 Å². The molecule has 116 valence electrons. The molecule has 0 spiro atoms. The lowest BCUT2D eigenvalue weighted by Gasteiger charge is -2.36. The highest BCUT2D eigenvalue weighted by Gasteiger charge is 2.21. The lowest BCUT2D eigenvalue weighted by molar-refractivity contribution is -0.130. The molecule has 3 nitrogen and oxygen atoms in total. The number of amides is 1. The summed E-state index contributed by atoms with van der Waals surface area (Å²) in [5.74, 6) is 0.252. The highest BCUT2D eigenvalue weighted by Crippen LogP contribution is 2.20. The lowest BCUT2D eigenvalue weighted by atomic mass is 10.1. The highest BCUT2D eigenvalue weighted by molar-refractivity contribution is 7.10. The number of rotatable bonds is 3. The first-order chi connectivity index (χ1) is 10.6. The van der Waals surface area contributed by atoms with E-state index in [-0.39, 0.29) is 5.91 Å². The lowest BCUT2D eigenvalue weighted by Crippen LogP contribution is -2.49. The van der Waals surface area contributed by atoms with Gasteiger partial charge in [-0.1, -0.05) is 12.1 Å². The molecule has 4 heteroatoms. The van der Waals surface area contributed by atoms with Crippen LogP contribution in [-0.4, -0.2) is 37.0 Å². The number of thiophene rings is 1. The number of hydrogen-bond acceptors (Lipinski definition) is 3. The maximum atomic E-state index is 12.3. The van der Waals surface area contributed by atoms with Crippen molar-refractivity contribution in [3.05, 3.63) is 51.7 Å². The van der Waals surface area contributed by atoms with Crippen molar-refractivity contribution in [1.29, 1.82) is 0 Å². The smallest absolute Gasteiger partial charge is 0.227 e. The van der Waals surface area contributed by atoms with Crippen molar-refractivity contribution >= 4 is 22.9 Å². The molecule has 0 radical (unpaired) electrons. The molecule has 3 rings (SSSR count). The van der Waals surface area contributed by atoms with Crippen molar-refractivity contribution in [3.63, 3.8) is 0 Å². The van der Waals surface area contributed by atoms with E-state index < -0.39 is 0 Å². The van der Waals surface area contributed by atoms with Crippen LogP contribution in [0.4, 0.5) is 5.69 Å². The van der Waals surface area contributed by atoms with E-state index in [2.05, 4.69) is 36.9 Å². The highest BCUT2D eigenvalue weighted by atomic mass is 32.1. The molecule has 2 heterocycles. The van der Waals surface area contributed by atoms with E-state index in [1.54, 1.807) is 11.3 Å². The fourth-order valence-electron chi connectivity index (χ4n) is 3.02. The van der Waals surface area contributed by atoms with Gasteiger partial charge in [0.1, 0.15) is 0 Å². The van der Waals surface area contributed by atoms with Crippen LogP contribution in [0.25, 0.3) is 0 Å². The first kappa shape index (κ1) is 15.1. The van der Waals surface area contributed by atoms with Gasteiger partial charge in [0.15, 0.2) is 0 Å². The minimum atomic E-state index is 0.252. The Labute approximate surface area is 136 Å². The Kier molecular flexibility index (Phi) is 4.48. The van der Waals surface area contributed by atoms with Crippen LogP contribution in [0.1, 0.15) is 16.0 Å². The van der Waals surface area contributed by atoms with Crippen LogP contribution in [0.5, 0.6) is 0 Å². The summed E-state index contributed by atoms with van der Waals surface area (Å²) in [6.07, 6.45) is 0.543. The third kappa shape index (κ3) is 3.50. The zero-order chi connectivity index (χ0) is 15.5. The zero-order valence-corrected chi connectivity index (χ0v) is 14.0. The number of carbonyl (C=O) groups excluding carboxylic acids is 1. The predicted octanol–water partition coefficient (Wildman–Crippen LogP) is 3.26. The van der Waals surface area contributed by atoms with Crippen molar-refractivity contribution in [2.45, 2.75) is 20.3 Å². The minimum absolute atomic E-state index is 0.252. The Morgan fingerprint density at radius 3 is 2.36 bits per heavy atom. The van der Waals surface area contributed by atoms with E-state index in [0.717, 1.165) is 31.1 Å². The molecule has 1 saturated heterocycles. The standard InChI is InChI=1S/C18H22N2OS/c1-14-10-15(2)12-16(11-14)19-5-7-20(8-6-19)18(21)13-17-4-3-9-22-17/h3-4,9-12H,5-8,13H2,1-2H3. The van der Waals surface area contributed by atoms with Crippen LogP contribution in [0, 0.1) is 13.8 Å². The van der Waals surface area contributed by atoms with Crippen LogP contribution < -0.4 is 4.90 Å². The summed E-state index contributed by atoms with van der Waals surface area (Å²) in [6, 6.07) is 10.7. The maximum Gasteiger partial charge on any atom is 0.227 e. The summed E-state index contributed by atoms with van der Waals surface area (Å²) in [5, 5.41) is 2.03. The van der Waals surface area contributed by atoms with Gasteiger partial charge >= 0.3 is 0 Å². The molecule has 2 aromatic rings. The van der Waals surface area contributed by atoms with Gasteiger partial charge in [0.2, 0.25) is 5.91 Å². The molecule has 1 aliphatic heterocycles. The Bertz CT molecular complexity index is 623. The van der Waals surface area contributed by atoms with Crippen LogP contribution in [0.3, 0.4) is 0 Å². The van der Waals surface area contributed by atoms with Crippen molar-refractivity contribution in [2.75, 3.05) is 31.1 Å². The van der Waals surface area contributed by atoms with Gasteiger partial charge in [-0.05, 0) is 48.6 Å². The average molecular weight is 314 g/mol. The molecular weight excluding hydrogens is 292 g/mol. The largest absolute Gasteiger partial charge is 0.368 e. The maximum absolute atomic E-state index is 12.3. The number of anilines is 1. The first-order valence-electron chi connectivity index (χ1n) is 7.75. The second-order valence-electron chi connectivity index (χ2n) is 5.97.